The lowest BCUT2D eigenvalue weighted by Gasteiger charge is -1.99. The lowest BCUT2D eigenvalue weighted by molar-refractivity contribution is 0.534. The Bertz CT molecular complexity index is 604. The predicted octanol–water partition coefficient (Wildman–Crippen LogP) is 2.00. The van der Waals surface area contributed by atoms with Crippen molar-refractivity contribution >= 4 is 43.3 Å². The van der Waals surface area contributed by atoms with Gasteiger partial charge in [-0.15, -0.1) is 16.4 Å². The SMILES string of the molecule is Cc1nnc(NS(=O)(=O)c2ccc(Br)s2)o1. The van der Waals surface area contributed by atoms with Gasteiger partial charge in [0.2, 0.25) is 5.89 Å². The van der Waals surface area contributed by atoms with Gasteiger partial charge in [0.05, 0.1) is 3.79 Å². The summed E-state index contributed by atoms with van der Waals surface area (Å²) in [6.45, 7) is 1.58. The van der Waals surface area contributed by atoms with E-state index in [-0.39, 0.29) is 10.2 Å². The molecule has 2 rings (SSSR count). The minimum absolute atomic E-state index is 0.137. The van der Waals surface area contributed by atoms with Gasteiger partial charge in [0.1, 0.15) is 4.21 Å². The summed E-state index contributed by atoms with van der Waals surface area (Å²) in [5.74, 6) is 0.296. The molecule has 9 heteroatoms. The first kappa shape index (κ1) is 11.6. The topological polar surface area (TPSA) is 85.1 Å². The number of rotatable bonds is 3. The number of nitrogens with one attached hydrogen (secondary N) is 1. The van der Waals surface area contributed by atoms with E-state index >= 15 is 0 Å². The van der Waals surface area contributed by atoms with Crippen LogP contribution in [0.25, 0.3) is 0 Å². The number of hydrogen-bond donors (Lipinski definition) is 1. The predicted molar refractivity (Wildman–Crippen MR) is 61.9 cm³/mol. The molecule has 2 aromatic rings. The maximum Gasteiger partial charge on any atom is 0.329 e. The lowest BCUT2D eigenvalue weighted by atomic mass is 10.7. The van der Waals surface area contributed by atoms with Gasteiger partial charge in [-0.05, 0) is 28.1 Å². The van der Waals surface area contributed by atoms with Gasteiger partial charge < -0.3 is 4.42 Å². The first-order valence-electron chi connectivity index (χ1n) is 4.05. The zero-order chi connectivity index (χ0) is 11.8. The smallest absolute Gasteiger partial charge is 0.329 e. The number of anilines is 1. The average molecular weight is 324 g/mol. The van der Waals surface area contributed by atoms with Crippen molar-refractivity contribution in [3.63, 3.8) is 0 Å². The first-order chi connectivity index (χ1) is 7.47. The molecule has 0 amide bonds. The number of aryl methyl sites for hydroxylation is 1. The molecular formula is C7H6BrN3O3S2. The summed E-state index contributed by atoms with van der Waals surface area (Å²) in [7, 11) is -3.64. The Labute approximate surface area is 104 Å². The number of sulfonamides is 1. The van der Waals surface area contributed by atoms with Crippen molar-refractivity contribution in [2.24, 2.45) is 0 Å². The third kappa shape index (κ3) is 2.42. The van der Waals surface area contributed by atoms with E-state index in [1.807, 2.05) is 0 Å². The van der Waals surface area contributed by atoms with Crippen molar-refractivity contribution in [3.05, 3.63) is 21.8 Å². The second kappa shape index (κ2) is 4.15. The molecule has 2 heterocycles. The summed E-state index contributed by atoms with van der Waals surface area (Å²) in [4.78, 5) is 0. The number of nitrogens with zero attached hydrogens (tertiary/aromatic N) is 2. The van der Waals surface area contributed by atoms with Gasteiger partial charge in [-0.2, -0.15) is 0 Å². The van der Waals surface area contributed by atoms with Crippen LogP contribution in [0.15, 0.2) is 24.5 Å². The van der Waals surface area contributed by atoms with Crippen molar-refractivity contribution in [2.75, 3.05) is 4.72 Å². The summed E-state index contributed by atoms with van der Waals surface area (Å²) >= 11 is 4.29. The van der Waals surface area contributed by atoms with E-state index < -0.39 is 10.0 Å². The fraction of sp³-hybridized carbons (Fsp3) is 0.143. The van der Waals surface area contributed by atoms with Crippen LogP contribution in [0, 0.1) is 6.92 Å². The molecule has 16 heavy (non-hydrogen) atoms. The quantitative estimate of drug-likeness (QED) is 0.933. The molecule has 0 aliphatic heterocycles. The zero-order valence-corrected chi connectivity index (χ0v) is 11.2. The molecule has 0 aromatic carbocycles. The van der Waals surface area contributed by atoms with Crippen molar-refractivity contribution < 1.29 is 12.8 Å². The van der Waals surface area contributed by atoms with Gasteiger partial charge in [-0.25, -0.2) is 13.1 Å². The monoisotopic (exact) mass is 323 g/mol. The molecule has 0 spiro atoms. The van der Waals surface area contributed by atoms with Gasteiger partial charge in [0.15, 0.2) is 0 Å². The van der Waals surface area contributed by atoms with E-state index in [2.05, 4.69) is 30.8 Å². The second-order valence-electron chi connectivity index (χ2n) is 2.79. The Balaban J connectivity index is 2.27. The van der Waals surface area contributed by atoms with Gasteiger partial charge in [-0.1, -0.05) is 5.10 Å². The van der Waals surface area contributed by atoms with Crippen LogP contribution < -0.4 is 4.72 Å². The number of halogens is 1. The maximum atomic E-state index is 11.8. The van der Waals surface area contributed by atoms with Crippen LogP contribution in [0.3, 0.4) is 0 Å². The fourth-order valence-electron chi connectivity index (χ4n) is 0.945. The minimum atomic E-state index is -3.64. The lowest BCUT2D eigenvalue weighted by Crippen LogP contribution is -2.11. The third-order valence-corrected chi connectivity index (χ3v) is 5.00. The van der Waals surface area contributed by atoms with Crippen molar-refractivity contribution in [3.8, 4) is 0 Å². The summed E-state index contributed by atoms with van der Waals surface area (Å²) in [5, 5.41) is 7.07. The highest BCUT2D eigenvalue weighted by atomic mass is 79.9. The van der Waals surface area contributed by atoms with Gasteiger partial charge in [-0.3, -0.25) is 0 Å². The summed E-state index contributed by atoms with van der Waals surface area (Å²) in [6.07, 6.45) is 0. The van der Waals surface area contributed by atoms with E-state index in [0.29, 0.717) is 5.89 Å². The molecule has 0 aliphatic rings. The Morgan fingerprint density at radius 2 is 2.19 bits per heavy atom. The molecule has 0 fully saturated rings. The average Bonchev–Trinajstić information content (AvgIpc) is 2.75. The van der Waals surface area contributed by atoms with Crippen LogP contribution >= 0.6 is 27.3 Å². The highest BCUT2D eigenvalue weighted by molar-refractivity contribution is 9.11. The van der Waals surface area contributed by atoms with E-state index in [9.17, 15) is 8.42 Å². The van der Waals surface area contributed by atoms with Gasteiger partial charge in [0.25, 0.3) is 10.0 Å². The fourth-order valence-corrected chi connectivity index (χ4v) is 3.88. The molecule has 0 aliphatic carbocycles. The van der Waals surface area contributed by atoms with Crippen LogP contribution in [0.4, 0.5) is 6.01 Å². The van der Waals surface area contributed by atoms with E-state index in [1.165, 1.54) is 6.07 Å². The first-order valence-corrected chi connectivity index (χ1v) is 7.15. The van der Waals surface area contributed by atoms with Gasteiger partial charge in [0, 0.05) is 6.92 Å². The number of thiophene rings is 1. The second-order valence-corrected chi connectivity index (χ2v) is 7.16. The van der Waals surface area contributed by atoms with Crippen LogP contribution in [0.5, 0.6) is 0 Å². The molecule has 86 valence electrons. The highest BCUT2D eigenvalue weighted by Crippen LogP contribution is 2.27. The normalized spacial score (nSPS) is 11.6. The molecule has 0 atom stereocenters. The number of hydrogen-bond acceptors (Lipinski definition) is 6. The molecule has 0 saturated carbocycles. The highest BCUT2D eigenvalue weighted by Gasteiger charge is 2.19. The molecular weight excluding hydrogens is 318 g/mol. The largest absolute Gasteiger partial charge is 0.408 e. The molecule has 2 aromatic heterocycles. The van der Waals surface area contributed by atoms with Crippen LogP contribution in [0.2, 0.25) is 0 Å². The van der Waals surface area contributed by atoms with E-state index in [0.717, 1.165) is 15.1 Å². The minimum Gasteiger partial charge on any atom is -0.408 e. The Kier molecular flexibility index (Phi) is 3.00. The van der Waals surface area contributed by atoms with E-state index in [1.54, 1.807) is 13.0 Å². The van der Waals surface area contributed by atoms with E-state index in [4.69, 9.17) is 4.42 Å². The Hall–Kier alpha value is -0.930. The molecule has 0 bridgehead atoms. The third-order valence-electron chi connectivity index (χ3n) is 1.56. The standard InChI is InChI=1S/C7H6BrN3O3S2/c1-4-9-10-7(14-4)11-16(12,13)6-3-2-5(8)15-6/h2-3H,1H3,(H,10,11). The van der Waals surface area contributed by atoms with Gasteiger partial charge >= 0.3 is 6.01 Å². The molecule has 0 unspecified atom stereocenters. The Morgan fingerprint density at radius 3 is 2.69 bits per heavy atom. The Morgan fingerprint density at radius 1 is 1.44 bits per heavy atom. The number of aromatic nitrogens is 2. The molecule has 6 nitrogen and oxygen atoms in total. The summed E-state index contributed by atoms with van der Waals surface area (Å²) in [5.41, 5.74) is 0. The van der Waals surface area contributed by atoms with Crippen molar-refractivity contribution in [1.29, 1.82) is 0 Å². The van der Waals surface area contributed by atoms with Crippen LogP contribution in [0.1, 0.15) is 5.89 Å². The molecule has 1 N–H and O–H groups in total. The summed E-state index contributed by atoms with van der Waals surface area (Å²) < 4.78 is 31.6. The van der Waals surface area contributed by atoms with Crippen molar-refractivity contribution in [1.82, 2.24) is 10.2 Å². The maximum absolute atomic E-state index is 11.8. The van der Waals surface area contributed by atoms with Crippen molar-refractivity contribution in [2.45, 2.75) is 11.1 Å². The summed E-state index contributed by atoms with van der Waals surface area (Å²) in [6, 6.07) is 3.00. The van der Waals surface area contributed by atoms with Crippen LogP contribution in [-0.4, -0.2) is 18.6 Å². The molecule has 0 radical (unpaired) electrons. The zero-order valence-electron chi connectivity index (χ0n) is 7.97. The van der Waals surface area contributed by atoms with Crippen LogP contribution in [-0.2, 0) is 10.0 Å². The molecule has 0 saturated heterocycles.